The molecule has 25 heavy (non-hydrogen) atoms. The van der Waals surface area contributed by atoms with Crippen LogP contribution in [0.25, 0.3) is 0 Å². The molecule has 1 aliphatic rings. The number of carbonyl (C=O) groups excluding carboxylic acids is 1. The van der Waals surface area contributed by atoms with Crippen LogP contribution >= 0.6 is 39.1 Å². The minimum atomic E-state index is -3.28. The molecule has 0 aromatic heterocycles. The van der Waals surface area contributed by atoms with E-state index in [1.54, 1.807) is 30.3 Å². The SMILES string of the molecule is O=C(Nc1ccc(N2CCCS2(=O)=O)cc1Cl)c1cc(Br)ccc1Cl. The number of hydrogen-bond donors (Lipinski definition) is 1. The summed E-state index contributed by atoms with van der Waals surface area (Å²) in [6.07, 6.45) is 0.583. The Morgan fingerprint density at radius 3 is 2.52 bits per heavy atom. The molecule has 2 aromatic rings. The fraction of sp³-hybridized carbons (Fsp3) is 0.188. The van der Waals surface area contributed by atoms with Gasteiger partial charge in [0.25, 0.3) is 5.91 Å². The fourth-order valence-corrected chi connectivity index (χ4v) is 4.89. The molecule has 0 atom stereocenters. The number of hydrogen-bond acceptors (Lipinski definition) is 3. The number of carbonyl (C=O) groups is 1. The van der Waals surface area contributed by atoms with Gasteiger partial charge in [-0.1, -0.05) is 39.1 Å². The van der Waals surface area contributed by atoms with Gasteiger partial charge in [0.15, 0.2) is 0 Å². The second-order valence-electron chi connectivity index (χ2n) is 5.48. The number of nitrogens with one attached hydrogen (secondary N) is 1. The molecule has 1 N–H and O–H groups in total. The number of sulfonamides is 1. The molecule has 1 aliphatic heterocycles. The largest absolute Gasteiger partial charge is 0.321 e. The summed E-state index contributed by atoms with van der Waals surface area (Å²) in [7, 11) is -3.28. The highest BCUT2D eigenvalue weighted by molar-refractivity contribution is 9.10. The molecule has 0 spiro atoms. The lowest BCUT2D eigenvalue weighted by Crippen LogP contribution is -2.25. The first-order valence-electron chi connectivity index (χ1n) is 7.34. The summed E-state index contributed by atoms with van der Waals surface area (Å²) in [5, 5.41) is 3.25. The maximum absolute atomic E-state index is 12.4. The second-order valence-corrected chi connectivity index (χ2v) is 9.23. The Morgan fingerprint density at radius 1 is 1.12 bits per heavy atom. The maximum atomic E-state index is 12.4. The van der Waals surface area contributed by atoms with Crippen LogP contribution in [0.2, 0.25) is 10.0 Å². The molecule has 0 saturated carbocycles. The molecule has 2 aromatic carbocycles. The number of halogens is 3. The zero-order valence-corrected chi connectivity index (χ0v) is 16.7. The Morgan fingerprint density at radius 2 is 1.88 bits per heavy atom. The van der Waals surface area contributed by atoms with Crippen molar-refractivity contribution < 1.29 is 13.2 Å². The monoisotopic (exact) mass is 462 g/mol. The van der Waals surface area contributed by atoms with E-state index in [0.29, 0.717) is 34.9 Å². The van der Waals surface area contributed by atoms with Crippen molar-refractivity contribution in [3.8, 4) is 0 Å². The van der Waals surface area contributed by atoms with Crippen molar-refractivity contribution in [3.05, 3.63) is 56.5 Å². The first-order chi connectivity index (χ1) is 11.8. The van der Waals surface area contributed by atoms with Crippen LogP contribution in [0.4, 0.5) is 11.4 Å². The Kier molecular flexibility index (Phi) is 5.29. The first-order valence-corrected chi connectivity index (χ1v) is 10.5. The predicted molar refractivity (Wildman–Crippen MR) is 104 cm³/mol. The number of nitrogens with zero attached hydrogens (tertiary/aromatic N) is 1. The molecular formula is C16H13BrCl2N2O3S. The van der Waals surface area contributed by atoms with Crippen LogP contribution in [0, 0.1) is 0 Å². The van der Waals surface area contributed by atoms with Crippen LogP contribution in [0.3, 0.4) is 0 Å². The molecule has 0 radical (unpaired) electrons. The zero-order chi connectivity index (χ0) is 18.2. The van der Waals surface area contributed by atoms with Crippen molar-refractivity contribution >= 4 is 66.4 Å². The average Bonchev–Trinajstić information content (AvgIpc) is 2.91. The van der Waals surface area contributed by atoms with Gasteiger partial charge < -0.3 is 5.32 Å². The van der Waals surface area contributed by atoms with Crippen LogP contribution in [0.1, 0.15) is 16.8 Å². The van der Waals surface area contributed by atoms with Gasteiger partial charge in [0.05, 0.1) is 32.7 Å². The molecule has 132 valence electrons. The van der Waals surface area contributed by atoms with Gasteiger partial charge in [-0.05, 0) is 42.8 Å². The van der Waals surface area contributed by atoms with E-state index in [1.165, 1.54) is 10.4 Å². The van der Waals surface area contributed by atoms with Crippen LogP contribution in [-0.4, -0.2) is 26.6 Å². The fourth-order valence-electron chi connectivity index (χ4n) is 2.55. The van der Waals surface area contributed by atoms with E-state index in [-0.39, 0.29) is 10.8 Å². The zero-order valence-electron chi connectivity index (χ0n) is 12.8. The Bertz CT molecular complexity index is 950. The van der Waals surface area contributed by atoms with Crippen molar-refractivity contribution in [1.29, 1.82) is 0 Å². The summed E-state index contributed by atoms with van der Waals surface area (Å²) < 4.78 is 26.0. The number of benzene rings is 2. The summed E-state index contributed by atoms with van der Waals surface area (Å²) in [5.74, 6) is -0.278. The smallest absolute Gasteiger partial charge is 0.257 e. The lowest BCUT2D eigenvalue weighted by molar-refractivity contribution is 0.102. The van der Waals surface area contributed by atoms with Crippen LogP contribution in [-0.2, 0) is 10.0 Å². The molecular weight excluding hydrogens is 451 g/mol. The Hall–Kier alpha value is -1.28. The summed E-state index contributed by atoms with van der Waals surface area (Å²) in [6.45, 7) is 0.429. The summed E-state index contributed by atoms with van der Waals surface area (Å²) in [4.78, 5) is 12.4. The van der Waals surface area contributed by atoms with E-state index in [0.717, 1.165) is 4.47 Å². The van der Waals surface area contributed by atoms with Crippen molar-refractivity contribution in [1.82, 2.24) is 0 Å². The topological polar surface area (TPSA) is 66.5 Å². The highest BCUT2D eigenvalue weighted by Crippen LogP contribution is 2.32. The molecule has 0 unspecified atom stereocenters. The van der Waals surface area contributed by atoms with Gasteiger partial charge in [-0.3, -0.25) is 9.10 Å². The Balaban J connectivity index is 1.84. The molecule has 5 nitrogen and oxygen atoms in total. The molecule has 1 heterocycles. The van der Waals surface area contributed by atoms with E-state index >= 15 is 0 Å². The minimum Gasteiger partial charge on any atom is -0.321 e. The average molecular weight is 464 g/mol. The van der Waals surface area contributed by atoms with Gasteiger partial charge in [0, 0.05) is 11.0 Å². The summed E-state index contributed by atoms with van der Waals surface area (Å²) >= 11 is 15.6. The lowest BCUT2D eigenvalue weighted by atomic mass is 10.2. The third-order valence-corrected chi connectivity index (χ3v) is 6.77. The van der Waals surface area contributed by atoms with Gasteiger partial charge in [0.1, 0.15) is 0 Å². The maximum Gasteiger partial charge on any atom is 0.257 e. The summed E-state index contributed by atoms with van der Waals surface area (Å²) in [6, 6.07) is 9.68. The highest BCUT2D eigenvalue weighted by Gasteiger charge is 2.28. The quantitative estimate of drug-likeness (QED) is 0.726. The first kappa shape index (κ1) is 18.5. The van der Waals surface area contributed by atoms with E-state index < -0.39 is 15.9 Å². The predicted octanol–water partition coefficient (Wildman–Crippen LogP) is 4.55. The molecule has 0 aliphatic carbocycles. The van der Waals surface area contributed by atoms with Gasteiger partial charge in [-0.15, -0.1) is 0 Å². The third-order valence-electron chi connectivity index (χ3n) is 3.76. The van der Waals surface area contributed by atoms with E-state index in [1.807, 2.05) is 0 Å². The van der Waals surface area contributed by atoms with Crippen molar-refractivity contribution in [2.45, 2.75) is 6.42 Å². The van der Waals surface area contributed by atoms with Crippen molar-refractivity contribution in [3.63, 3.8) is 0 Å². The highest BCUT2D eigenvalue weighted by atomic mass is 79.9. The molecule has 3 rings (SSSR count). The van der Waals surface area contributed by atoms with Crippen LogP contribution < -0.4 is 9.62 Å². The molecule has 1 fully saturated rings. The molecule has 0 bridgehead atoms. The van der Waals surface area contributed by atoms with Gasteiger partial charge in [-0.25, -0.2) is 8.42 Å². The van der Waals surface area contributed by atoms with Crippen LogP contribution in [0.15, 0.2) is 40.9 Å². The third kappa shape index (κ3) is 3.95. The van der Waals surface area contributed by atoms with Gasteiger partial charge >= 0.3 is 0 Å². The second kappa shape index (κ2) is 7.15. The number of amides is 1. The van der Waals surface area contributed by atoms with E-state index in [9.17, 15) is 13.2 Å². The van der Waals surface area contributed by atoms with Gasteiger partial charge in [-0.2, -0.15) is 0 Å². The van der Waals surface area contributed by atoms with Crippen LogP contribution in [0.5, 0.6) is 0 Å². The minimum absolute atomic E-state index is 0.129. The Labute approximate surface area is 164 Å². The number of anilines is 2. The molecule has 1 saturated heterocycles. The van der Waals surface area contributed by atoms with E-state index in [2.05, 4.69) is 21.2 Å². The summed E-state index contributed by atoms with van der Waals surface area (Å²) in [5.41, 5.74) is 1.17. The standard InChI is InChI=1S/C16H13BrCl2N2O3S/c17-10-2-4-13(18)12(8-10)16(22)20-15-5-3-11(9-14(15)19)21-6-1-7-25(21,23)24/h2-5,8-9H,1,6-7H2,(H,20,22). The number of rotatable bonds is 3. The molecule has 1 amide bonds. The molecule has 9 heteroatoms. The van der Waals surface area contributed by atoms with E-state index in [4.69, 9.17) is 23.2 Å². The lowest BCUT2D eigenvalue weighted by Gasteiger charge is -2.18. The van der Waals surface area contributed by atoms with Gasteiger partial charge in [0.2, 0.25) is 10.0 Å². The van der Waals surface area contributed by atoms with Crippen molar-refractivity contribution in [2.24, 2.45) is 0 Å². The van der Waals surface area contributed by atoms with Crippen molar-refractivity contribution in [2.75, 3.05) is 21.9 Å². The normalized spacial score (nSPS) is 16.0.